The summed E-state index contributed by atoms with van der Waals surface area (Å²) in [6.45, 7) is 8.05. The molecule has 0 unspecified atom stereocenters. The molecule has 1 N–H and O–H groups in total. The molecule has 3 aromatic rings. The lowest BCUT2D eigenvalue weighted by molar-refractivity contribution is 0.0696. The van der Waals surface area contributed by atoms with Gasteiger partial charge in [0.15, 0.2) is 0 Å². The van der Waals surface area contributed by atoms with Gasteiger partial charge in [-0.2, -0.15) is 0 Å². The third-order valence-electron chi connectivity index (χ3n) is 4.75. The van der Waals surface area contributed by atoms with Crippen LogP contribution in [0.1, 0.15) is 38.4 Å². The normalized spacial score (nSPS) is 11.3. The summed E-state index contributed by atoms with van der Waals surface area (Å²) in [5.74, 6) is -0.934. The zero-order valence-corrected chi connectivity index (χ0v) is 17.9. The molecule has 0 spiro atoms. The highest BCUT2D eigenvalue weighted by Gasteiger charge is 2.12. The molecular formula is C22H21IN2O2. The van der Waals surface area contributed by atoms with Crippen molar-refractivity contribution in [1.29, 1.82) is 0 Å². The number of nitrogens with zero attached hydrogens (tertiary/aromatic N) is 2. The van der Waals surface area contributed by atoms with E-state index >= 15 is 0 Å². The van der Waals surface area contributed by atoms with Gasteiger partial charge in [-0.25, -0.2) is 4.79 Å². The van der Waals surface area contributed by atoms with Crippen LogP contribution >= 0.6 is 22.6 Å². The molecule has 5 heteroatoms. The second kappa shape index (κ2) is 7.68. The molecule has 0 aliphatic carbocycles. The number of benzene rings is 2. The van der Waals surface area contributed by atoms with Crippen LogP contribution < -0.4 is 0 Å². The Kier molecular flexibility index (Phi) is 5.51. The number of aromatic carboxylic acids is 1. The maximum Gasteiger partial charge on any atom is 0.336 e. The fraction of sp³-hybridized carbons (Fsp3) is 0.182. The van der Waals surface area contributed by atoms with Gasteiger partial charge in [0, 0.05) is 32.4 Å². The summed E-state index contributed by atoms with van der Waals surface area (Å²) in [6, 6.07) is 13.7. The highest BCUT2D eigenvalue weighted by Crippen LogP contribution is 2.25. The first-order valence-corrected chi connectivity index (χ1v) is 9.70. The standard InChI is InChI=1S/C22H21IN2O2/c1-13-10-18(8-9-20(13)23)25-14(2)11-17(16(25)4)12-24-21-7-5-6-19(15(21)3)22(26)27/h5-12H,1-4H3,(H,26,27). The van der Waals surface area contributed by atoms with Crippen LogP contribution in [0.2, 0.25) is 0 Å². The number of rotatable bonds is 4. The molecular weight excluding hydrogens is 451 g/mol. The lowest BCUT2D eigenvalue weighted by Crippen LogP contribution is -2.00. The van der Waals surface area contributed by atoms with E-state index in [2.05, 4.69) is 77.2 Å². The van der Waals surface area contributed by atoms with Crippen LogP contribution in [0.25, 0.3) is 5.69 Å². The Morgan fingerprint density at radius 3 is 2.52 bits per heavy atom. The molecule has 0 saturated heterocycles. The van der Waals surface area contributed by atoms with Crippen molar-refractivity contribution in [2.75, 3.05) is 0 Å². The molecule has 0 radical (unpaired) electrons. The lowest BCUT2D eigenvalue weighted by atomic mass is 10.1. The van der Waals surface area contributed by atoms with Crippen LogP contribution in [-0.4, -0.2) is 21.9 Å². The van der Waals surface area contributed by atoms with E-state index in [9.17, 15) is 9.90 Å². The molecule has 0 aliphatic rings. The van der Waals surface area contributed by atoms with Gasteiger partial charge >= 0.3 is 5.97 Å². The first kappa shape index (κ1) is 19.4. The van der Waals surface area contributed by atoms with Gasteiger partial charge in [0.05, 0.1) is 11.3 Å². The van der Waals surface area contributed by atoms with E-state index in [1.807, 2.05) is 12.3 Å². The average Bonchev–Trinajstić information content (AvgIpc) is 2.90. The number of carboxylic acid groups (broad SMARTS) is 1. The Morgan fingerprint density at radius 1 is 1.11 bits per heavy atom. The number of aryl methyl sites for hydroxylation is 2. The fourth-order valence-electron chi connectivity index (χ4n) is 3.22. The minimum atomic E-state index is -0.934. The molecule has 0 atom stereocenters. The summed E-state index contributed by atoms with van der Waals surface area (Å²) in [7, 11) is 0. The molecule has 138 valence electrons. The number of halogens is 1. The number of aromatic nitrogens is 1. The third-order valence-corrected chi connectivity index (χ3v) is 5.96. The Labute approximate surface area is 172 Å². The van der Waals surface area contributed by atoms with Gasteiger partial charge in [0.2, 0.25) is 0 Å². The highest BCUT2D eigenvalue weighted by molar-refractivity contribution is 14.1. The lowest BCUT2D eigenvalue weighted by Gasteiger charge is -2.11. The van der Waals surface area contributed by atoms with Crippen LogP contribution in [-0.2, 0) is 0 Å². The Bertz CT molecular complexity index is 1060. The fourth-order valence-corrected chi connectivity index (χ4v) is 3.55. The summed E-state index contributed by atoms with van der Waals surface area (Å²) < 4.78 is 3.46. The van der Waals surface area contributed by atoms with E-state index in [0.29, 0.717) is 11.3 Å². The molecule has 1 heterocycles. The second-order valence-electron chi connectivity index (χ2n) is 6.61. The minimum absolute atomic E-state index is 0.282. The number of hydrogen-bond acceptors (Lipinski definition) is 2. The van der Waals surface area contributed by atoms with E-state index in [1.54, 1.807) is 19.1 Å². The van der Waals surface area contributed by atoms with Gasteiger partial charge in [-0.1, -0.05) is 6.07 Å². The second-order valence-corrected chi connectivity index (χ2v) is 7.77. The van der Waals surface area contributed by atoms with Crippen LogP contribution in [0.3, 0.4) is 0 Å². The molecule has 0 aliphatic heterocycles. The van der Waals surface area contributed by atoms with Gasteiger partial charge < -0.3 is 9.67 Å². The van der Waals surface area contributed by atoms with Crippen molar-refractivity contribution >= 4 is 40.5 Å². The molecule has 0 fully saturated rings. The first-order valence-electron chi connectivity index (χ1n) is 8.62. The van der Waals surface area contributed by atoms with Gasteiger partial charge in [0.1, 0.15) is 0 Å². The van der Waals surface area contributed by atoms with E-state index in [1.165, 1.54) is 9.13 Å². The largest absolute Gasteiger partial charge is 0.478 e. The maximum atomic E-state index is 11.3. The van der Waals surface area contributed by atoms with Crippen LogP contribution in [0.15, 0.2) is 47.5 Å². The van der Waals surface area contributed by atoms with Crippen molar-refractivity contribution in [3.8, 4) is 5.69 Å². The summed E-state index contributed by atoms with van der Waals surface area (Å²) in [5, 5.41) is 9.27. The Hall–Kier alpha value is -2.41. The highest BCUT2D eigenvalue weighted by atomic mass is 127. The van der Waals surface area contributed by atoms with Gasteiger partial charge in [0.25, 0.3) is 0 Å². The maximum absolute atomic E-state index is 11.3. The van der Waals surface area contributed by atoms with Crippen molar-refractivity contribution in [3.05, 3.63) is 79.7 Å². The summed E-state index contributed by atoms with van der Waals surface area (Å²) in [4.78, 5) is 15.9. The molecule has 1 aromatic heterocycles. The number of aliphatic imine (C=N–C) groups is 1. The summed E-state index contributed by atoms with van der Waals surface area (Å²) >= 11 is 2.34. The SMILES string of the molecule is Cc1cc(-n2c(C)cc(C=Nc3cccc(C(=O)O)c3C)c2C)ccc1I. The molecule has 2 aromatic carbocycles. The topological polar surface area (TPSA) is 54.6 Å². The third kappa shape index (κ3) is 3.83. The van der Waals surface area contributed by atoms with Crippen molar-refractivity contribution in [3.63, 3.8) is 0 Å². The Balaban J connectivity index is 2.00. The van der Waals surface area contributed by atoms with Crippen molar-refractivity contribution in [1.82, 2.24) is 4.57 Å². The van der Waals surface area contributed by atoms with E-state index in [-0.39, 0.29) is 5.56 Å². The van der Waals surface area contributed by atoms with Crippen molar-refractivity contribution in [2.45, 2.75) is 27.7 Å². The molecule has 0 amide bonds. The number of hydrogen-bond donors (Lipinski definition) is 1. The summed E-state index contributed by atoms with van der Waals surface area (Å²) in [6.07, 6.45) is 1.81. The Morgan fingerprint density at radius 2 is 1.85 bits per heavy atom. The predicted molar refractivity (Wildman–Crippen MR) is 118 cm³/mol. The van der Waals surface area contributed by atoms with Crippen molar-refractivity contribution in [2.24, 2.45) is 4.99 Å². The smallest absolute Gasteiger partial charge is 0.336 e. The van der Waals surface area contributed by atoms with Gasteiger partial charge in [-0.15, -0.1) is 0 Å². The number of carboxylic acids is 1. The van der Waals surface area contributed by atoms with Crippen LogP contribution in [0, 0.1) is 31.3 Å². The zero-order chi connectivity index (χ0) is 19.7. The monoisotopic (exact) mass is 472 g/mol. The summed E-state index contributed by atoms with van der Waals surface area (Å²) in [5.41, 5.74) is 7.25. The minimum Gasteiger partial charge on any atom is -0.478 e. The first-order chi connectivity index (χ1) is 12.8. The van der Waals surface area contributed by atoms with E-state index in [4.69, 9.17) is 0 Å². The van der Waals surface area contributed by atoms with E-state index < -0.39 is 5.97 Å². The van der Waals surface area contributed by atoms with Gasteiger partial charge in [-0.05, 0) is 97.8 Å². The van der Waals surface area contributed by atoms with Gasteiger partial charge in [-0.3, -0.25) is 4.99 Å². The quantitative estimate of drug-likeness (QED) is 0.388. The molecule has 0 saturated carbocycles. The van der Waals surface area contributed by atoms with Crippen LogP contribution in [0.5, 0.6) is 0 Å². The number of carbonyl (C=O) groups is 1. The molecule has 27 heavy (non-hydrogen) atoms. The molecule has 0 bridgehead atoms. The van der Waals surface area contributed by atoms with E-state index in [0.717, 1.165) is 22.6 Å². The van der Waals surface area contributed by atoms with Crippen LogP contribution in [0.4, 0.5) is 5.69 Å². The molecule has 3 rings (SSSR count). The zero-order valence-electron chi connectivity index (χ0n) is 15.7. The molecule has 4 nitrogen and oxygen atoms in total. The predicted octanol–water partition coefficient (Wildman–Crippen LogP) is 5.76. The van der Waals surface area contributed by atoms with Crippen molar-refractivity contribution < 1.29 is 9.90 Å². The average molecular weight is 472 g/mol.